The minimum atomic E-state index is -1.19. The highest BCUT2D eigenvalue weighted by atomic mass is 35.5. The molecule has 9 nitrogen and oxygen atoms in total. The van der Waals surface area contributed by atoms with Gasteiger partial charge < -0.3 is 10.2 Å². The van der Waals surface area contributed by atoms with E-state index in [4.69, 9.17) is 11.6 Å². The highest BCUT2D eigenvalue weighted by molar-refractivity contribution is 6.33. The number of nitrogens with one attached hydrogen (secondary N) is 2. The first-order chi connectivity index (χ1) is 16.2. The Labute approximate surface area is 199 Å². The van der Waals surface area contributed by atoms with Crippen molar-refractivity contribution in [2.24, 2.45) is 11.8 Å². The minimum Gasteiger partial charge on any atom is -0.320 e. The van der Waals surface area contributed by atoms with Crippen molar-refractivity contribution in [1.82, 2.24) is 0 Å². The van der Waals surface area contributed by atoms with Crippen LogP contribution < -0.4 is 15.1 Å². The first-order valence-corrected chi connectivity index (χ1v) is 11.7. The number of nitrogens with zero attached hydrogens (tertiary/aromatic N) is 2. The molecule has 34 heavy (non-hydrogen) atoms. The van der Waals surface area contributed by atoms with E-state index in [1.165, 1.54) is 12.1 Å². The van der Waals surface area contributed by atoms with Crippen molar-refractivity contribution >= 4 is 46.4 Å². The van der Waals surface area contributed by atoms with Crippen LogP contribution in [0.1, 0.15) is 29.5 Å². The first kappa shape index (κ1) is 21.2. The highest BCUT2D eigenvalue weighted by Crippen LogP contribution is 2.53. The number of carbonyl (C=O) groups is 3. The second-order valence-electron chi connectivity index (χ2n) is 9.62. The van der Waals surface area contributed by atoms with Crippen LogP contribution in [-0.2, 0) is 19.9 Å². The number of rotatable bonds is 2. The van der Waals surface area contributed by atoms with Crippen LogP contribution in [0, 0.1) is 35.8 Å². The van der Waals surface area contributed by atoms with E-state index in [0.29, 0.717) is 6.54 Å². The molecule has 4 aliphatic rings. The maximum Gasteiger partial charge on any atom is 0.291 e. The van der Waals surface area contributed by atoms with Gasteiger partial charge >= 0.3 is 0 Å². The van der Waals surface area contributed by atoms with Gasteiger partial charge in [0.05, 0.1) is 22.8 Å². The van der Waals surface area contributed by atoms with Gasteiger partial charge in [-0.15, -0.1) is 0 Å². The molecule has 1 spiro atoms. The molecule has 5 atom stereocenters. The largest absolute Gasteiger partial charge is 0.320 e. The Morgan fingerprint density at radius 3 is 2.68 bits per heavy atom. The van der Waals surface area contributed by atoms with Crippen molar-refractivity contribution in [3.05, 3.63) is 62.2 Å². The Balaban J connectivity index is 1.54. The molecule has 6 rings (SSSR count). The molecule has 3 fully saturated rings. The van der Waals surface area contributed by atoms with Gasteiger partial charge in [0.1, 0.15) is 22.9 Å². The van der Waals surface area contributed by atoms with Crippen LogP contribution in [0.25, 0.3) is 0 Å². The molecule has 3 saturated heterocycles. The van der Waals surface area contributed by atoms with Gasteiger partial charge in [-0.05, 0) is 43.2 Å². The lowest BCUT2D eigenvalue weighted by molar-refractivity contribution is -0.948. The van der Waals surface area contributed by atoms with E-state index in [1.807, 2.05) is 26.0 Å². The molecule has 0 aromatic heterocycles. The van der Waals surface area contributed by atoms with E-state index in [2.05, 4.69) is 5.32 Å². The standard InChI is InChI=1S/C24H21ClN4O5/c1-11-5-7-14-20(12(11)2)26-23(32)24(14)19-18(16-4-3-9-27(16)24)21(30)28(22(19)31)13-6-8-15(25)17(10-13)29(33)34/h5-8,10,16,18-19H,3-4,9H2,1-2H3,(H,26,32)/p+1/t16-,18+,19-,24-/m0/s1. The Hall–Kier alpha value is -3.30. The average molecular weight is 482 g/mol. The molecule has 4 aliphatic heterocycles. The van der Waals surface area contributed by atoms with Crippen molar-refractivity contribution in [3.63, 3.8) is 0 Å². The van der Waals surface area contributed by atoms with Gasteiger partial charge in [0.25, 0.3) is 11.6 Å². The Kier molecular flexibility index (Phi) is 4.29. The molecule has 10 heteroatoms. The number of halogens is 1. The molecule has 174 valence electrons. The van der Waals surface area contributed by atoms with Crippen LogP contribution >= 0.6 is 11.6 Å². The lowest BCUT2D eigenvalue weighted by Gasteiger charge is -2.33. The number of fused-ring (bicyclic) bond motifs is 7. The summed E-state index contributed by atoms with van der Waals surface area (Å²) >= 11 is 5.95. The fourth-order valence-corrected chi connectivity index (χ4v) is 7.00. The summed E-state index contributed by atoms with van der Waals surface area (Å²) in [6.45, 7) is 4.61. The number of hydrogen-bond donors (Lipinski definition) is 2. The average Bonchev–Trinajstić information content (AvgIpc) is 3.50. The van der Waals surface area contributed by atoms with E-state index in [1.54, 1.807) is 0 Å². The smallest absolute Gasteiger partial charge is 0.291 e. The van der Waals surface area contributed by atoms with E-state index in [0.717, 1.165) is 51.1 Å². The molecule has 0 aliphatic carbocycles. The summed E-state index contributed by atoms with van der Waals surface area (Å²) in [5, 5.41) is 14.4. The van der Waals surface area contributed by atoms with Gasteiger partial charge in [-0.1, -0.05) is 17.7 Å². The van der Waals surface area contributed by atoms with Gasteiger partial charge in [-0.3, -0.25) is 24.5 Å². The van der Waals surface area contributed by atoms with E-state index in [9.17, 15) is 24.5 Å². The van der Waals surface area contributed by atoms with Gasteiger partial charge in [0.15, 0.2) is 0 Å². The van der Waals surface area contributed by atoms with Gasteiger partial charge in [0.2, 0.25) is 17.4 Å². The third kappa shape index (κ3) is 2.35. The summed E-state index contributed by atoms with van der Waals surface area (Å²) in [6.07, 6.45) is 1.59. The van der Waals surface area contributed by atoms with Crippen LogP contribution in [-0.4, -0.2) is 35.2 Å². The van der Waals surface area contributed by atoms with Crippen molar-refractivity contribution < 1.29 is 24.2 Å². The van der Waals surface area contributed by atoms with Crippen LogP contribution in [0.4, 0.5) is 17.1 Å². The fourth-order valence-electron chi connectivity index (χ4n) is 6.81. The molecule has 0 saturated carbocycles. The number of nitro benzene ring substituents is 1. The number of aryl methyl sites for hydroxylation is 1. The molecular weight excluding hydrogens is 460 g/mol. The summed E-state index contributed by atoms with van der Waals surface area (Å²) in [5.74, 6) is -2.69. The zero-order chi connectivity index (χ0) is 24.1. The molecular formula is C24H22ClN4O5+. The number of hydrogen-bond acceptors (Lipinski definition) is 5. The summed E-state index contributed by atoms with van der Waals surface area (Å²) in [7, 11) is 0. The Morgan fingerprint density at radius 2 is 1.94 bits per heavy atom. The number of anilines is 2. The molecule has 1 unspecified atom stereocenters. The molecule has 2 N–H and O–H groups in total. The third-order valence-electron chi connectivity index (χ3n) is 8.31. The normalized spacial score (nSPS) is 31.1. The number of amides is 3. The van der Waals surface area contributed by atoms with Gasteiger partial charge in [0, 0.05) is 24.5 Å². The summed E-state index contributed by atoms with van der Waals surface area (Å²) in [5.41, 5.74) is 2.00. The minimum absolute atomic E-state index is 0.0779. The van der Waals surface area contributed by atoms with E-state index >= 15 is 0 Å². The highest BCUT2D eigenvalue weighted by Gasteiger charge is 2.78. The predicted molar refractivity (Wildman–Crippen MR) is 123 cm³/mol. The molecule has 3 amide bonds. The maximum atomic E-state index is 14.0. The fraction of sp³-hybridized carbons (Fsp3) is 0.375. The van der Waals surface area contributed by atoms with Gasteiger partial charge in [-0.2, -0.15) is 0 Å². The quantitative estimate of drug-likeness (QED) is 0.386. The van der Waals surface area contributed by atoms with E-state index < -0.39 is 34.1 Å². The zero-order valence-corrected chi connectivity index (χ0v) is 19.3. The zero-order valence-electron chi connectivity index (χ0n) is 18.6. The molecule has 4 heterocycles. The van der Waals surface area contributed by atoms with Crippen molar-refractivity contribution in [2.75, 3.05) is 16.8 Å². The van der Waals surface area contributed by atoms with Crippen molar-refractivity contribution in [2.45, 2.75) is 38.3 Å². The molecule has 2 aromatic rings. The third-order valence-corrected chi connectivity index (χ3v) is 8.63. The molecule has 0 radical (unpaired) electrons. The monoisotopic (exact) mass is 481 g/mol. The van der Waals surface area contributed by atoms with Gasteiger partial charge in [-0.25, -0.2) is 4.90 Å². The second-order valence-corrected chi connectivity index (χ2v) is 10.0. The number of quaternary nitrogens is 1. The molecule has 2 aromatic carbocycles. The number of nitro groups is 1. The summed E-state index contributed by atoms with van der Waals surface area (Å²) in [6, 6.07) is 7.60. The number of benzene rings is 2. The maximum absolute atomic E-state index is 14.0. The van der Waals surface area contributed by atoms with E-state index in [-0.39, 0.29) is 28.3 Å². The summed E-state index contributed by atoms with van der Waals surface area (Å²) < 4.78 is 0. The van der Waals surface area contributed by atoms with Crippen LogP contribution in [0.2, 0.25) is 5.02 Å². The van der Waals surface area contributed by atoms with Crippen LogP contribution in [0.15, 0.2) is 30.3 Å². The lowest BCUT2D eigenvalue weighted by Crippen LogP contribution is -3.19. The van der Waals surface area contributed by atoms with Crippen molar-refractivity contribution in [3.8, 4) is 0 Å². The second kappa shape index (κ2) is 6.86. The van der Waals surface area contributed by atoms with Crippen LogP contribution in [0.3, 0.4) is 0 Å². The topological polar surface area (TPSA) is 114 Å². The SMILES string of the molecule is Cc1ccc2c(c1C)NC(=O)[C@@]21[C@@H]2C(=O)N(c3ccc(Cl)c([N+](=O)[O-])c3)C(=O)[C@@H]2[C@@H]2CCC[NH+]21. The Morgan fingerprint density at radius 1 is 1.18 bits per heavy atom. The molecule has 0 bridgehead atoms. The lowest BCUT2D eigenvalue weighted by atomic mass is 9.75. The Bertz CT molecular complexity index is 1340. The predicted octanol–water partition coefficient (Wildman–Crippen LogP) is 1.88. The summed E-state index contributed by atoms with van der Waals surface area (Å²) in [4.78, 5) is 54.3. The number of imide groups is 1. The number of carbonyl (C=O) groups excluding carboxylic acids is 3. The van der Waals surface area contributed by atoms with Crippen LogP contribution in [0.5, 0.6) is 0 Å². The van der Waals surface area contributed by atoms with Crippen molar-refractivity contribution in [1.29, 1.82) is 0 Å². The first-order valence-electron chi connectivity index (χ1n) is 11.3.